The molecule has 4 rings (SSSR count). The highest BCUT2D eigenvalue weighted by molar-refractivity contribution is 5.92. The lowest BCUT2D eigenvalue weighted by molar-refractivity contribution is 0.0600. The zero-order chi connectivity index (χ0) is 18.5. The molecular formula is C21H21N3O3. The van der Waals surface area contributed by atoms with Crippen LogP contribution >= 0.6 is 0 Å². The molecule has 0 bridgehead atoms. The molecule has 0 spiro atoms. The van der Waals surface area contributed by atoms with Gasteiger partial charge < -0.3 is 14.1 Å². The van der Waals surface area contributed by atoms with E-state index in [0.717, 1.165) is 30.7 Å². The molecule has 1 atom stereocenters. The highest BCUT2D eigenvalue weighted by Crippen LogP contribution is 2.30. The number of carbonyl (C=O) groups excluding carboxylic acids is 1. The molecule has 0 aliphatic carbocycles. The first-order chi connectivity index (χ1) is 13.3. The van der Waals surface area contributed by atoms with Gasteiger partial charge in [0, 0.05) is 12.7 Å². The van der Waals surface area contributed by atoms with E-state index < -0.39 is 0 Å². The van der Waals surface area contributed by atoms with Crippen LogP contribution < -0.4 is 4.74 Å². The number of hydrogen-bond acceptors (Lipinski definition) is 5. The molecule has 1 fully saturated rings. The van der Waals surface area contributed by atoms with E-state index in [1.54, 1.807) is 6.20 Å². The lowest BCUT2D eigenvalue weighted by Crippen LogP contribution is -2.39. The van der Waals surface area contributed by atoms with Crippen LogP contribution in [0.15, 0.2) is 65.4 Å². The second-order valence-electron chi connectivity index (χ2n) is 6.49. The van der Waals surface area contributed by atoms with E-state index in [9.17, 15) is 4.79 Å². The summed E-state index contributed by atoms with van der Waals surface area (Å²) in [6, 6.07) is 15.2. The second kappa shape index (κ2) is 8.03. The number of amides is 1. The standard InChI is InChI=1S/C21H21N3O3/c25-21(24-13-7-5-11-19(24)17-10-4-6-12-22-17)18-14-27-20(23-18)15-26-16-8-2-1-3-9-16/h1-4,6,8-10,12,14,19H,5,7,11,13,15H2/t19-/m1/s1. The Labute approximate surface area is 157 Å². The van der Waals surface area contributed by atoms with E-state index in [0.29, 0.717) is 18.1 Å². The summed E-state index contributed by atoms with van der Waals surface area (Å²) in [6.07, 6.45) is 6.15. The van der Waals surface area contributed by atoms with Crippen LogP contribution in [0.4, 0.5) is 0 Å². The van der Waals surface area contributed by atoms with Gasteiger partial charge in [0.25, 0.3) is 5.91 Å². The zero-order valence-electron chi connectivity index (χ0n) is 15.0. The molecule has 0 saturated carbocycles. The van der Waals surface area contributed by atoms with Crippen molar-refractivity contribution in [3.8, 4) is 5.75 Å². The fourth-order valence-corrected chi connectivity index (χ4v) is 3.34. The largest absolute Gasteiger partial charge is 0.484 e. The van der Waals surface area contributed by atoms with Crippen molar-refractivity contribution in [3.05, 3.63) is 78.3 Å². The monoisotopic (exact) mass is 363 g/mol. The van der Waals surface area contributed by atoms with Crippen molar-refractivity contribution in [2.45, 2.75) is 31.9 Å². The number of para-hydroxylation sites is 1. The van der Waals surface area contributed by atoms with Crippen LogP contribution in [0.2, 0.25) is 0 Å². The van der Waals surface area contributed by atoms with Gasteiger partial charge in [-0.05, 0) is 43.5 Å². The number of pyridine rings is 1. The van der Waals surface area contributed by atoms with Crippen LogP contribution in [0.1, 0.15) is 47.4 Å². The summed E-state index contributed by atoms with van der Waals surface area (Å²) in [5, 5.41) is 0. The number of aromatic nitrogens is 2. The number of carbonyl (C=O) groups is 1. The Kier molecular flexibility index (Phi) is 5.14. The number of likely N-dealkylation sites (tertiary alicyclic amines) is 1. The minimum atomic E-state index is -0.125. The van der Waals surface area contributed by atoms with Crippen molar-refractivity contribution < 1.29 is 13.9 Å². The van der Waals surface area contributed by atoms with Crippen molar-refractivity contribution in [1.82, 2.24) is 14.9 Å². The molecule has 1 amide bonds. The Morgan fingerprint density at radius 1 is 1.15 bits per heavy atom. The molecule has 6 heteroatoms. The van der Waals surface area contributed by atoms with Gasteiger partial charge in [0.05, 0.1) is 11.7 Å². The lowest BCUT2D eigenvalue weighted by Gasteiger charge is -2.34. The Balaban J connectivity index is 1.46. The smallest absolute Gasteiger partial charge is 0.276 e. The van der Waals surface area contributed by atoms with E-state index >= 15 is 0 Å². The maximum absolute atomic E-state index is 13.0. The number of piperidine rings is 1. The summed E-state index contributed by atoms with van der Waals surface area (Å²) in [5.74, 6) is 0.989. The van der Waals surface area contributed by atoms with Crippen molar-refractivity contribution in [2.75, 3.05) is 6.54 Å². The third-order valence-corrected chi connectivity index (χ3v) is 4.67. The minimum Gasteiger partial charge on any atom is -0.484 e. The maximum atomic E-state index is 13.0. The number of nitrogens with zero attached hydrogens (tertiary/aromatic N) is 3. The highest BCUT2D eigenvalue weighted by atomic mass is 16.5. The number of rotatable bonds is 5. The molecule has 3 heterocycles. The summed E-state index contributed by atoms with van der Waals surface area (Å²) < 4.78 is 11.1. The molecule has 3 aromatic rings. The van der Waals surface area contributed by atoms with Crippen LogP contribution in [0.25, 0.3) is 0 Å². The van der Waals surface area contributed by atoms with Crippen LogP contribution in [0, 0.1) is 0 Å². The van der Waals surface area contributed by atoms with Gasteiger partial charge in [-0.3, -0.25) is 9.78 Å². The van der Waals surface area contributed by atoms with Gasteiger partial charge in [0.2, 0.25) is 5.89 Å². The fraction of sp³-hybridized carbons (Fsp3) is 0.286. The highest BCUT2D eigenvalue weighted by Gasteiger charge is 2.31. The molecule has 138 valence electrons. The molecule has 0 N–H and O–H groups in total. The van der Waals surface area contributed by atoms with Crippen LogP contribution in [-0.4, -0.2) is 27.3 Å². The molecule has 1 aromatic carbocycles. The minimum absolute atomic E-state index is 0.0202. The summed E-state index contributed by atoms with van der Waals surface area (Å²) in [5.41, 5.74) is 1.23. The SMILES string of the molecule is O=C(c1coc(COc2ccccc2)n1)N1CCCC[C@@H]1c1ccccn1. The van der Waals surface area contributed by atoms with Gasteiger partial charge in [-0.15, -0.1) is 0 Å². The Morgan fingerprint density at radius 2 is 2.00 bits per heavy atom. The number of oxazole rings is 1. The van der Waals surface area contributed by atoms with Crippen molar-refractivity contribution in [3.63, 3.8) is 0 Å². The molecule has 27 heavy (non-hydrogen) atoms. The molecule has 1 aliphatic heterocycles. The average molecular weight is 363 g/mol. The normalized spacial score (nSPS) is 16.9. The number of hydrogen-bond donors (Lipinski definition) is 0. The second-order valence-corrected chi connectivity index (χ2v) is 6.49. The third kappa shape index (κ3) is 4.00. The maximum Gasteiger partial charge on any atom is 0.276 e. The van der Waals surface area contributed by atoms with Crippen LogP contribution in [-0.2, 0) is 6.61 Å². The first kappa shape index (κ1) is 17.3. The predicted molar refractivity (Wildman–Crippen MR) is 99.1 cm³/mol. The quantitative estimate of drug-likeness (QED) is 0.685. The third-order valence-electron chi connectivity index (χ3n) is 4.67. The topological polar surface area (TPSA) is 68.5 Å². The van der Waals surface area contributed by atoms with Crippen molar-refractivity contribution in [2.24, 2.45) is 0 Å². The van der Waals surface area contributed by atoms with Gasteiger partial charge in [-0.25, -0.2) is 4.98 Å². The van der Waals surface area contributed by atoms with E-state index in [4.69, 9.17) is 9.15 Å². The van der Waals surface area contributed by atoms with Gasteiger partial charge in [-0.2, -0.15) is 0 Å². The molecule has 6 nitrogen and oxygen atoms in total. The Morgan fingerprint density at radius 3 is 2.81 bits per heavy atom. The average Bonchev–Trinajstić information content (AvgIpc) is 3.22. The van der Waals surface area contributed by atoms with Crippen LogP contribution in [0.3, 0.4) is 0 Å². The van der Waals surface area contributed by atoms with Crippen molar-refractivity contribution >= 4 is 5.91 Å². The Hall–Kier alpha value is -3.15. The van der Waals surface area contributed by atoms with Gasteiger partial charge in [0.15, 0.2) is 12.3 Å². The molecule has 0 radical (unpaired) electrons. The van der Waals surface area contributed by atoms with E-state index in [2.05, 4.69) is 9.97 Å². The molecule has 1 aliphatic rings. The van der Waals surface area contributed by atoms with E-state index in [1.807, 2.05) is 53.4 Å². The summed E-state index contributed by atoms with van der Waals surface area (Å²) in [6.45, 7) is 0.879. The zero-order valence-corrected chi connectivity index (χ0v) is 15.0. The molecular weight excluding hydrogens is 342 g/mol. The van der Waals surface area contributed by atoms with Crippen LogP contribution in [0.5, 0.6) is 5.75 Å². The predicted octanol–water partition coefficient (Wildman–Crippen LogP) is 4.02. The summed E-state index contributed by atoms with van der Waals surface area (Å²) in [4.78, 5) is 23.6. The summed E-state index contributed by atoms with van der Waals surface area (Å²) in [7, 11) is 0. The van der Waals surface area contributed by atoms with Crippen molar-refractivity contribution in [1.29, 1.82) is 0 Å². The number of ether oxygens (including phenoxy) is 1. The molecule has 2 aromatic heterocycles. The number of benzene rings is 1. The first-order valence-electron chi connectivity index (χ1n) is 9.15. The molecule has 1 saturated heterocycles. The van der Waals surface area contributed by atoms with Gasteiger partial charge >= 0.3 is 0 Å². The molecule has 0 unspecified atom stereocenters. The van der Waals surface area contributed by atoms with Gasteiger partial charge in [-0.1, -0.05) is 24.3 Å². The summed E-state index contributed by atoms with van der Waals surface area (Å²) >= 11 is 0. The fourth-order valence-electron chi connectivity index (χ4n) is 3.34. The van der Waals surface area contributed by atoms with E-state index in [1.165, 1.54) is 6.26 Å². The van der Waals surface area contributed by atoms with E-state index in [-0.39, 0.29) is 18.6 Å². The Bertz CT molecular complexity index is 880. The first-order valence-corrected chi connectivity index (χ1v) is 9.15. The lowest BCUT2D eigenvalue weighted by atomic mass is 9.98. The van der Waals surface area contributed by atoms with Gasteiger partial charge in [0.1, 0.15) is 12.0 Å².